The molecule has 3 heteroatoms. The first-order valence-electron chi connectivity index (χ1n) is 3.99. The Morgan fingerprint density at radius 3 is 2.77 bits per heavy atom. The molecule has 66 valence electrons. The van der Waals surface area contributed by atoms with Gasteiger partial charge in [0.15, 0.2) is 0 Å². The fourth-order valence-corrected chi connectivity index (χ4v) is 1.76. The number of nitrogens with zero attached hydrogens (tertiary/aromatic N) is 1. The molecule has 13 heavy (non-hydrogen) atoms. The second-order valence-corrected chi connectivity index (χ2v) is 3.38. The van der Waals surface area contributed by atoms with Gasteiger partial charge in [0.05, 0.1) is 10.4 Å². The van der Waals surface area contributed by atoms with Crippen LogP contribution in [-0.2, 0) is 0 Å². The van der Waals surface area contributed by atoms with E-state index in [0.29, 0.717) is 5.02 Å². The molecule has 1 heterocycles. The molecule has 1 aromatic heterocycles. The van der Waals surface area contributed by atoms with Gasteiger partial charge in [-0.05, 0) is 12.5 Å². The van der Waals surface area contributed by atoms with E-state index in [0.717, 1.165) is 21.2 Å². The smallest absolute Gasteiger partial charge is 0.266 e. The molecule has 1 N–H and O–H groups in total. The van der Waals surface area contributed by atoms with E-state index in [1.54, 1.807) is 6.07 Å². The Bertz CT molecular complexity index is 459. The summed E-state index contributed by atoms with van der Waals surface area (Å²) in [4.78, 5) is 0. The molecule has 2 nitrogen and oxygen atoms in total. The van der Waals surface area contributed by atoms with Crippen molar-refractivity contribution < 1.29 is 9.94 Å². The number of hydrogen-bond donors (Lipinski definition) is 1. The first-order valence-corrected chi connectivity index (χ1v) is 4.36. The van der Waals surface area contributed by atoms with Crippen molar-refractivity contribution in [2.24, 2.45) is 0 Å². The van der Waals surface area contributed by atoms with E-state index in [1.165, 1.54) is 6.20 Å². The van der Waals surface area contributed by atoms with E-state index in [-0.39, 0.29) is 0 Å². The molecule has 0 amide bonds. The molecule has 1 aromatic carbocycles. The van der Waals surface area contributed by atoms with Crippen molar-refractivity contribution in [3.63, 3.8) is 0 Å². The van der Waals surface area contributed by atoms with Crippen molar-refractivity contribution in [2.75, 3.05) is 0 Å². The summed E-state index contributed by atoms with van der Waals surface area (Å²) in [5.74, 6) is 0. The minimum absolute atomic E-state index is 0.665. The first kappa shape index (κ1) is 8.32. The molecule has 0 spiro atoms. The van der Waals surface area contributed by atoms with Gasteiger partial charge in [-0.25, -0.2) is 0 Å². The second-order valence-electron chi connectivity index (χ2n) is 2.98. The molecule has 0 saturated heterocycles. The quantitative estimate of drug-likeness (QED) is 0.505. The van der Waals surface area contributed by atoms with Gasteiger partial charge in [-0.2, -0.15) is 0 Å². The molecule has 0 bridgehead atoms. The van der Waals surface area contributed by atoms with Crippen molar-refractivity contribution in [2.45, 2.75) is 6.92 Å². The van der Waals surface area contributed by atoms with Crippen LogP contribution in [0.3, 0.4) is 0 Å². The molecular formula is C10H9ClNO+. The molecule has 2 aromatic rings. The lowest BCUT2D eigenvalue weighted by molar-refractivity contribution is -0.884. The number of hydrogen-bond acceptors (Lipinski definition) is 1. The predicted octanol–water partition coefficient (Wildman–Crippen LogP) is 2.33. The van der Waals surface area contributed by atoms with Gasteiger partial charge in [0.2, 0.25) is 6.20 Å². The van der Waals surface area contributed by atoms with Crippen LogP contribution in [0.4, 0.5) is 0 Å². The lowest BCUT2D eigenvalue weighted by Crippen LogP contribution is -2.30. The van der Waals surface area contributed by atoms with Gasteiger partial charge >= 0.3 is 0 Å². The Kier molecular flexibility index (Phi) is 1.85. The number of pyridine rings is 1. The zero-order valence-corrected chi connectivity index (χ0v) is 7.92. The highest BCUT2D eigenvalue weighted by Crippen LogP contribution is 2.23. The zero-order valence-electron chi connectivity index (χ0n) is 7.16. The van der Waals surface area contributed by atoms with Crippen LogP contribution in [0.25, 0.3) is 10.9 Å². The summed E-state index contributed by atoms with van der Waals surface area (Å²) in [6.45, 7) is 1.97. The van der Waals surface area contributed by atoms with Crippen LogP contribution in [0.1, 0.15) is 5.56 Å². The van der Waals surface area contributed by atoms with Gasteiger partial charge in [0.1, 0.15) is 0 Å². The maximum absolute atomic E-state index is 9.48. The highest BCUT2D eigenvalue weighted by molar-refractivity contribution is 6.35. The maximum atomic E-state index is 9.48. The third kappa shape index (κ3) is 1.23. The monoisotopic (exact) mass is 194 g/mol. The van der Waals surface area contributed by atoms with E-state index in [9.17, 15) is 5.21 Å². The first-order chi connectivity index (χ1) is 6.20. The molecule has 0 fully saturated rings. The molecule has 0 atom stereocenters. The Labute approximate surface area is 81.0 Å². The van der Waals surface area contributed by atoms with Gasteiger partial charge in [-0.3, -0.25) is 5.21 Å². The van der Waals surface area contributed by atoms with Gasteiger partial charge in [-0.15, -0.1) is 0 Å². The molecular weight excluding hydrogens is 186 g/mol. The van der Waals surface area contributed by atoms with E-state index in [2.05, 4.69) is 0 Å². The maximum Gasteiger partial charge on any atom is 0.266 e. The topological polar surface area (TPSA) is 24.1 Å². The van der Waals surface area contributed by atoms with Crippen LogP contribution in [-0.4, -0.2) is 5.21 Å². The molecule has 0 aliphatic carbocycles. The molecule has 0 radical (unpaired) electrons. The summed E-state index contributed by atoms with van der Waals surface area (Å²) in [7, 11) is 0. The number of aromatic nitrogens is 1. The number of benzene rings is 1. The van der Waals surface area contributed by atoms with Crippen LogP contribution in [0.2, 0.25) is 5.02 Å². The fourth-order valence-electron chi connectivity index (χ4n) is 1.45. The lowest BCUT2D eigenvalue weighted by Gasteiger charge is -1.99. The predicted molar refractivity (Wildman–Crippen MR) is 51.1 cm³/mol. The largest absolute Gasteiger partial charge is 0.285 e. The van der Waals surface area contributed by atoms with Crippen LogP contribution in [0.15, 0.2) is 30.5 Å². The lowest BCUT2D eigenvalue weighted by atomic mass is 10.1. The van der Waals surface area contributed by atoms with E-state index in [4.69, 9.17) is 11.6 Å². The molecule has 2 rings (SSSR count). The van der Waals surface area contributed by atoms with E-state index < -0.39 is 0 Å². The van der Waals surface area contributed by atoms with Crippen LogP contribution in [0, 0.1) is 6.92 Å². The number of rotatable bonds is 0. The Hall–Kier alpha value is -1.28. The summed E-state index contributed by atoms with van der Waals surface area (Å²) in [6.07, 6.45) is 1.53. The third-order valence-electron chi connectivity index (χ3n) is 2.10. The normalized spacial score (nSPS) is 10.6. The van der Waals surface area contributed by atoms with Crippen LogP contribution in [0.5, 0.6) is 0 Å². The van der Waals surface area contributed by atoms with Gasteiger partial charge in [-0.1, -0.05) is 23.7 Å². The Morgan fingerprint density at radius 1 is 1.31 bits per heavy atom. The van der Waals surface area contributed by atoms with E-state index in [1.807, 2.05) is 25.1 Å². The highest BCUT2D eigenvalue weighted by Gasteiger charge is 2.11. The summed E-state index contributed by atoms with van der Waals surface area (Å²) in [6, 6.07) is 7.36. The zero-order chi connectivity index (χ0) is 9.42. The number of fused-ring (bicyclic) bond motifs is 1. The molecule has 0 aliphatic rings. The minimum atomic E-state index is 0.665. The van der Waals surface area contributed by atoms with Crippen molar-refractivity contribution in [1.29, 1.82) is 0 Å². The summed E-state index contributed by atoms with van der Waals surface area (Å²) in [5, 5.41) is 11.0. The minimum Gasteiger partial charge on any atom is -0.285 e. The van der Waals surface area contributed by atoms with Crippen molar-refractivity contribution in [3.8, 4) is 0 Å². The van der Waals surface area contributed by atoms with Crippen LogP contribution >= 0.6 is 11.6 Å². The Balaban J connectivity index is 3.00. The average molecular weight is 195 g/mol. The molecule has 0 aliphatic heterocycles. The summed E-state index contributed by atoms with van der Waals surface area (Å²) in [5.41, 5.74) is 1.79. The van der Waals surface area contributed by atoms with Crippen molar-refractivity contribution in [3.05, 3.63) is 41.0 Å². The van der Waals surface area contributed by atoms with Gasteiger partial charge in [0, 0.05) is 16.9 Å². The van der Waals surface area contributed by atoms with Gasteiger partial charge < -0.3 is 0 Å². The SMILES string of the molecule is Cc1cccc2c1c(Cl)cc[n+]2O. The molecule has 0 saturated carbocycles. The third-order valence-corrected chi connectivity index (χ3v) is 2.41. The fraction of sp³-hybridized carbons (Fsp3) is 0.100. The average Bonchev–Trinajstić information content (AvgIpc) is 2.12. The molecule has 0 unspecified atom stereocenters. The summed E-state index contributed by atoms with van der Waals surface area (Å²) >= 11 is 6.01. The number of aryl methyl sites for hydroxylation is 1. The number of halogens is 1. The second kappa shape index (κ2) is 2.89. The highest BCUT2D eigenvalue weighted by atomic mass is 35.5. The van der Waals surface area contributed by atoms with Crippen molar-refractivity contribution in [1.82, 2.24) is 0 Å². The van der Waals surface area contributed by atoms with Crippen molar-refractivity contribution >= 4 is 22.5 Å². The van der Waals surface area contributed by atoms with E-state index >= 15 is 0 Å². The van der Waals surface area contributed by atoms with Gasteiger partial charge in [0.25, 0.3) is 5.52 Å². The van der Waals surface area contributed by atoms with Crippen LogP contribution < -0.4 is 4.73 Å². The standard InChI is InChI=1S/C10H9ClNO/c1-7-3-2-4-9-10(7)8(11)5-6-12(9)13/h2-6,13H,1H3/q+1. The Morgan fingerprint density at radius 2 is 2.08 bits per heavy atom. The summed E-state index contributed by atoms with van der Waals surface area (Å²) < 4.78 is 1.08.